The Labute approximate surface area is 189 Å². The molecule has 156 valence electrons. The zero-order valence-electron chi connectivity index (χ0n) is 17.0. The number of nitrogens with zero attached hydrogens (tertiary/aromatic N) is 3. The van der Waals surface area contributed by atoms with Gasteiger partial charge >= 0.3 is 0 Å². The Morgan fingerprint density at radius 2 is 1.87 bits per heavy atom. The highest BCUT2D eigenvalue weighted by Crippen LogP contribution is 2.34. The minimum atomic E-state index is 0.121. The number of carbonyl (C=O) groups is 1. The number of benzene rings is 2. The van der Waals surface area contributed by atoms with E-state index >= 15 is 0 Å². The molecule has 5 nitrogen and oxygen atoms in total. The van der Waals surface area contributed by atoms with Gasteiger partial charge in [0.2, 0.25) is 10.6 Å². The number of nitrogens with one attached hydrogen (secondary N) is 1. The van der Waals surface area contributed by atoms with E-state index in [1.807, 2.05) is 28.9 Å². The van der Waals surface area contributed by atoms with Crippen LogP contribution in [-0.2, 0) is 11.3 Å². The van der Waals surface area contributed by atoms with Gasteiger partial charge in [-0.3, -0.25) is 4.79 Å². The van der Waals surface area contributed by atoms with Crippen LogP contribution in [0.25, 0.3) is 0 Å². The molecule has 0 bridgehead atoms. The quantitative estimate of drug-likeness (QED) is 0.461. The number of anilines is 1. The number of hydrogen-bond acceptors (Lipinski definition) is 4. The minimum absolute atomic E-state index is 0.121. The van der Waals surface area contributed by atoms with Crippen LogP contribution < -0.4 is 5.32 Å². The number of para-hydroxylation sites is 1. The molecular formula is C23H25BrN4OS. The average molecular weight is 485 g/mol. The van der Waals surface area contributed by atoms with E-state index in [0.29, 0.717) is 11.3 Å². The standard InChI is InChI=1S/C23H25BrN4OS/c1-16-11-13-17(14-12-16)15-28-23(26-22(24)27-28)30-20-10-6-5-9-19(20)25-21(29)18-7-3-2-4-8-18/h5-6,9-14,18H,2-4,7-8,15H2,1H3,(H,25,29). The molecule has 0 aliphatic heterocycles. The Balaban J connectivity index is 1.52. The number of rotatable bonds is 6. The molecule has 1 aromatic heterocycles. The lowest BCUT2D eigenvalue weighted by Crippen LogP contribution is -2.24. The van der Waals surface area contributed by atoms with Crippen LogP contribution in [0.15, 0.2) is 63.3 Å². The van der Waals surface area contributed by atoms with Gasteiger partial charge in [-0.25, -0.2) is 4.68 Å². The van der Waals surface area contributed by atoms with E-state index in [1.54, 1.807) is 0 Å². The van der Waals surface area contributed by atoms with Crippen LogP contribution in [-0.4, -0.2) is 20.7 Å². The second kappa shape index (κ2) is 9.79. The van der Waals surface area contributed by atoms with E-state index < -0.39 is 0 Å². The van der Waals surface area contributed by atoms with E-state index in [1.165, 1.54) is 29.3 Å². The second-order valence-electron chi connectivity index (χ2n) is 7.73. The highest BCUT2D eigenvalue weighted by atomic mass is 79.9. The molecule has 4 rings (SSSR count). The van der Waals surface area contributed by atoms with Gasteiger partial charge in [-0.2, -0.15) is 4.98 Å². The van der Waals surface area contributed by atoms with Gasteiger partial charge in [-0.05, 0) is 65.2 Å². The first-order valence-corrected chi connectivity index (χ1v) is 11.9. The third kappa shape index (κ3) is 5.32. The minimum Gasteiger partial charge on any atom is -0.325 e. The number of aryl methyl sites for hydroxylation is 1. The molecule has 3 aromatic rings. The summed E-state index contributed by atoms with van der Waals surface area (Å²) in [5.74, 6) is 0.251. The molecular weight excluding hydrogens is 460 g/mol. The van der Waals surface area contributed by atoms with Crippen LogP contribution in [0, 0.1) is 12.8 Å². The van der Waals surface area contributed by atoms with Crippen LogP contribution >= 0.6 is 27.7 Å². The van der Waals surface area contributed by atoms with E-state index in [2.05, 4.69) is 62.5 Å². The Bertz CT molecular complexity index is 1010. The van der Waals surface area contributed by atoms with E-state index in [0.717, 1.165) is 41.4 Å². The Morgan fingerprint density at radius 1 is 1.13 bits per heavy atom. The summed E-state index contributed by atoms with van der Waals surface area (Å²) in [6.07, 6.45) is 5.49. The fourth-order valence-electron chi connectivity index (χ4n) is 3.70. The maximum atomic E-state index is 12.8. The van der Waals surface area contributed by atoms with Gasteiger partial charge in [0.05, 0.1) is 12.2 Å². The van der Waals surface area contributed by atoms with Gasteiger partial charge in [-0.15, -0.1) is 5.10 Å². The summed E-state index contributed by atoms with van der Waals surface area (Å²) in [5, 5.41) is 8.44. The fourth-order valence-corrected chi connectivity index (χ4v) is 5.10. The van der Waals surface area contributed by atoms with E-state index in [4.69, 9.17) is 0 Å². The van der Waals surface area contributed by atoms with Crippen LogP contribution in [0.2, 0.25) is 0 Å². The molecule has 7 heteroatoms. The van der Waals surface area contributed by atoms with Crippen molar-refractivity contribution in [2.75, 3.05) is 5.32 Å². The van der Waals surface area contributed by atoms with Gasteiger partial charge in [0.1, 0.15) is 0 Å². The number of carbonyl (C=O) groups excluding carboxylic acids is 1. The van der Waals surface area contributed by atoms with Crippen LogP contribution in [0.4, 0.5) is 5.69 Å². The molecule has 1 saturated carbocycles. The lowest BCUT2D eigenvalue weighted by molar-refractivity contribution is -0.120. The first-order chi connectivity index (χ1) is 14.6. The molecule has 1 aliphatic carbocycles. The van der Waals surface area contributed by atoms with Crippen molar-refractivity contribution in [3.63, 3.8) is 0 Å². The molecule has 0 radical (unpaired) electrons. The lowest BCUT2D eigenvalue weighted by Gasteiger charge is -2.21. The maximum absolute atomic E-state index is 12.8. The van der Waals surface area contributed by atoms with Crippen molar-refractivity contribution < 1.29 is 4.79 Å². The van der Waals surface area contributed by atoms with E-state index in [9.17, 15) is 4.79 Å². The number of halogens is 1. The van der Waals surface area contributed by atoms with Crippen molar-refractivity contribution in [2.24, 2.45) is 5.92 Å². The maximum Gasteiger partial charge on any atom is 0.227 e. The van der Waals surface area contributed by atoms with Crippen molar-refractivity contribution >= 4 is 39.3 Å². The molecule has 30 heavy (non-hydrogen) atoms. The molecule has 0 saturated heterocycles. The normalized spacial score (nSPS) is 14.6. The summed E-state index contributed by atoms with van der Waals surface area (Å²) < 4.78 is 2.44. The van der Waals surface area contributed by atoms with Crippen molar-refractivity contribution in [1.82, 2.24) is 14.8 Å². The van der Waals surface area contributed by atoms with Gasteiger partial charge in [-0.1, -0.05) is 61.2 Å². The predicted molar refractivity (Wildman–Crippen MR) is 124 cm³/mol. The Hall–Kier alpha value is -2.12. The summed E-state index contributed by atoms with van der Waals surface area (Å²) in [4.78, 5) is 18.3. The molecule has 0 unspecified atom stereocenters. The molecule has 1 fully saturated rings. The number of aromatic nitrogens is 3. The lowest BCUT2D eigenvalue weighted by atomic mass is 9.88. The average Bonchev–Trinajstić information content (AvgIpc) is 3.10. The first-order valence-electron chi connectivity index (χ1n) is 10.3. The topological polar surface area (TPSA) is 59.8 Å². The zero-order chi connectivity index (χ0) is 20.9. The summed E-state index contributed by atoms with van der Waals surface area (Å²) in [7, 11) is 0. The molecule has 1 N–H and O–H groups in total. The summed E-state index contributed by atoms with van der Waals surface area (Å²) in [6, 6.07) is 16.3. The van der Waals surface area contributed by atoms with Crippen molar-refractivity contribution in [1.29, 1.82) is 0 Å². The van der Waals surface area contributed by atoms with Crippen molar-refractivity contribution in [3.05, 3.63) is 64.4 Å². The third-order valence-corrected chi connectivity index (χ3v) is 6.78. The van der Waals surface area contributed by atoms with E-state index in [-0.39, 0.29) is 11.8 Å². The molecule has 0 spiro atoms. The second-order valence-corrected chi connectivity index (χ2v) is 9.45. The molecule has 1 heterocycles. The summed E-state index contributed by atoms with van der Waals surface area (Å²) in [5.41, 5.74) is 3.23. The van der Waals surface area contributed by atoms with Gasteiger partial charge in [0.25, 0.3) is 0 Å². The predicted octanol–water partition coefficient (Wildman–Crippen LogP) is 6.07. The largest absolute Gasteiger partial charge is 0.325 e. The van der Waals surface area contributed by atoms with Crippen molar-refractivity contribution in [2.45, 2.75) is 55.6 Å². The van der Waals surface area contributed by atoms with Gasteiger partial charge < -0.3 is 5.32 Å². The number of amides is 1. The smallest absolute Gasteiger partial charge is 0.227 e. The van der Waals surface area contributed by atoms with Gasteiger partial charge in [0, 0.05) is 10.8 Å². The molecule has 2 aromatic carbocycles. The summed E-state index contributed by atoms with van der Waals surface area (Å²) in [6.45, 7) is 2.72. The number of hydrogen-bond donors (Lipinski definition) is 1. The van der Waals surface area contributed by atoms with Crippen LogP contribution in [0.5, 0.6) is 0 Å². The Kier molecular flexibility index (Phi) is 6.89. The highest BCUT2D eigenvalue weighted by Gasteiger charge is 2.22. The zero-order valence-corrected chi connectivity index (χ0v) is 19.4. The highest BCUT2D eigenvalue weighted by molar-refractivity contribution is 9.10. The Morgan fingerprint density at radius 3 is 2.63 bits per heavy atom. The third-order valence-electron chi connectivity index (χ3n) is 5.39. The fraction of sp³-hybridized carbons (Fsp3) is 0.348. The van der Waals surface area contributed by atoms with Crippen LogP contribution in [0.3, 0.4) is 0 Å². The summed E-state index contributed by atoms with van der Waals surface area (Å²) >= 11 is 4.92. The van der Waals surface area contributed by atoms with Crippen LogP contribution in [0.1, 0.15) is 43.2 Å². The monoisotopic (exact) mass is 484 g/mol. The molecule has 0 atom stereocenters. The molecule has 1 aliphatic rings. The van der Waals surface area contributed by atoms with Crippen molar-refractivity contribution in [3.8, 4) is 0 Å². The van der Waals surface area contributed by atoms with Gasteiger partial charge in [0.15, 0.2) is 5.16 Å². The molecule has 1 amide bonds. The SMILES string of the molecule is Cc1ccc(Cn2nc(Br)nc2Sc2ccccc2NC(=O)C2CCCCC2)cc1. The first kappa shape index (κ1) is 21.1.